The molecule has 2 aromatic rings. The highest BCUT2D eigenvalue weighted by Gasteiger charge is 2.22. The topological polar surface area (TPSA) is 73.2 Å². The van der Waals surface area contributed by atoms with Gasteiger partial charge >= 0.3 is 5.97 Å². The molecule has 0 atom stereocenters. The summed E-state index contributed by atoms with van der Waals surface area (Å²) in [6.07, 6.45) is 0. The summed E-state index contributed by atoms with van der Waals surface area (Å²) in [6, 6.07) is 3.94. The largest absolute Gasteiger partial charge is 0.464 e. The van der Waals surface area contributed by atoms with Crippen LogP contribution in [0.5, 0.6) is 0 Å². The van der Waals surface area contributed by atoms with Crippen molar-refractivity contribution in [2.45, 2.75) is 40.2 Å². The van der Waals surface area contributed by atoms with Gasteiger partial charge in [-0.05, 0) is 31.9 Å². The first-order valence-electron chi connectivity index (χ1n) is 7.35. The third-order valence-electron chi connectivity index (χ3n) is 3.52. The van der Waals surface area contributed by atoms with Crippen molar-refractivity contribution in [3.05, 3.63) is 34.1 Å². The number of rotatable bonds is 5. The van der Waals surface area contributed by atoms with E-state index in [-0.39, 0.29) is 24.1 Å². The van der Waals surface area contributed by atoms with Crippen LogP contribution in [0.1, 0.15) is 46.5 Å². The molecule has 0 unspecified atom stereocenters. The molecule has 0 saturated heterocycles. The van der Waals surface area contributed by atoms with E-state index in [0.717, 1.165) is 16.3 Å². The molecule has 2 rings (SSSR count). The second-order valence-corrected chi connectivity index (χ2v) is 6.66. The van der Waals surface area contributed by atoms with Gasteiger partial charge in [0.15, 0.2) is 10.8 Å². The smallest absolute Gasteiger partial charge is 0.357 e. The van der Waals surface area contributed by atoms with E-state index >= 15 is 0 Å². The van der Waals surface area contributed by atoms with Gasteiger partial charge in [0.05, 0.1) is 7.11 Å². The minimum atomic E-state index is -0.484. The summed E-state index contributed by atoms with van der Waals surface area (Å²) in [5, 5.41) is 3.19. The first-order chi connectivity index (χ1) is 10.8. The quantitative estimate of drug-likeness (QED) is 0.852. The number of amides is 1. The Labute approximate surface area is 139 Å². The number of aromatic nitrogens is 2. The molecule has 2 aromatic heterocycles. The molecule has 7 heteroatoms. The number of methoxy groups -OCH3 is 1. The van der Waals surface area contributed by atoms with E-state index in [0.29, 0.717) is 5.13 Å². The second-order valence-electron chi connectivity index (χ2n) is 5.63. The number of hydrogen-bond donors (Lipinski definition) is 1. The molecule has 1 amide bonds. The predicted octanol–water partition coefficient (Wildman–Crippen LogP) is 3.11. The summed E-state index contributed by atoms with van der Waals surface area (Å²) < 4.78 is 6.67. The third kappa shape index (κ3) is 3.79. The Balaban J connectivity index is 2.17. The monoisotopic (exact) mass is 335 g/mol. The lowest BCUT2D eigenvalue weighted by molar-refractivity contribution is -0.116. The van der Waals surface area contributed by atoms with Crippen molar-refractivity contribution in [2.75, 3.05) is 12.4 Å². The van der Waals surface area contributed by atoms with Crippen LogP contribution in [0.2, 0.25) is 0 Å². The highest BCUT2D eigenvalue weighted by atomic mass is 32.1. The first kappa shape index (κ1) is 17.2. The average Bonchev–Trinajstić information content (AvgIpc) is 3.05. The normalized spacial score (nSPS) is 10.9. The molecule has 0 aliphatic rings. The number of nitrogens with one attached hydrogen (secondary N) is 1. The Hall–Kier alpha value is -2.15. The fraction of sp³-hybridized carbons (Fsp3) is 0.438. The molecular weight excluding hydrogens is 314 g/mol. The fourth-order valence-electron chi connectivity index (χ4n) is 2.27. The lowest BCUT2D eigenvalue weighted by Gasteiger charge is -2.08. The van der Waals surface area contributed by atoms with Crippen LogP contribution in [0.4, 0.5) is 5.13 Å². The predicted molar refractivity (Wildman–Crippen MR) is 90.1 cm³/mol. The summed E-state index contributed by atoms with van der Waals surface area (Å²) in [4.78, 5) is 29.0. The third-order valence-corrected chi connectivity index (χ3v) is 4.79. The van der Waals surface area contributed by atoms with Crippen molar-refractivity contribution >= 4 is 28.3 Å². The van der Waals surface area contributed by atoms with E-state index in [9.17, 15) is 9.59 Å². The lowest BCUT2D eigenvalue weighted by Crippen LogP contribution is -2.20. The van der Waals surface area contributed by atoms with Gasteiger partial charge < -0.3 is 14.6 Å². The van der Waals surface area contributed by atoms with Gasteiger partial charge in [-0.2, -0.15) is 0 Å². The molecule has 0 radical (unpaired) electrons. The molecule has 0 saturated carbocycles. The van der Waals surface area contributed by atoms with Crippen LogP contribution in [0, 0.1) is 13.8 Å². The molecule has 0 bridgehead atoms. The molecule has 6 nitrogen and oxygen atoms in total. The van der Waals surface area contributed by atoms with Gasteiger partial charge in [-0.3, -0.25) is 4.79 Å². The zero-order valence-corrected chi connectivity index (χ0v) is 14.8. The Morgan fingerprint density at radius 2 is 1.91 bits per heavy atom. The van der Waals surface area contributed by atoms with Crippen LogP contribution in [0.15, 0.2) is 12.1 Å². The van der Waals surface area contributed by atoms with E-state index in [1.807, 2.05) is 44.4 Å². The molecule has 0 fully saturated rings. The van der Waals surface area contributed by atoms with Crippen LogP contribution < -0.4 is 5.32 Å². The molecule has 124 valence electrons. The molecule has 0 aromatic carbocycles. The minimum Gasteiger partial charge on any atom is -0.464 e. The zero-order chi connectivity index (χ0) is 17.1. The molecule has 0 spiro atoms. The SMILES string of the molecule is COC(=O)c1nc(NC(=O)Cn2c(C)ccc2C)sc1C(C)C. The summed E-state index contributed by atoms with van der Waals surface area (Å²) in [5.41, 5.74) is 2.32. The van der Waals surface area contributed by atoms with Crippen molar-refractivity contribution < 1.29 is 14.3 Å². The van der Waals surface area contributed by atoms with Gasteiger partial charge in [-0.25, -0.2) is 9.78 Å². The van der Waals surface area contributed by atoms with E-state index in [1.54, 1.807) is 0 Å². The maximum Gasteiger partial charge on any atom is 0.357 e. The van der Waals surface area contributed by atoms with Gasteiger partial charge in [-0.15, -0.1) is 11.3 Å². The number of ether oxygens (including phenoxy) is 1. The molecule has 23 heavy (non-hydrogen) atoms. The zero-order valence-electron chi connectivity index (χ0n) is 14.0. The first-order valence-corrected chi connectivity index (χ1v) is 8.16. The standard InChI is InChI=1S/C16H21N3O3S/c1-9(2)14-13(15(21)22-5)18-16(23-14)17-12(20)8-19-10(3)6-7-11(19)4/h6-7,9H,8H2,1-5H3,(H,17,18,20). The Kier molecular flexibility index (Phi) is 5.20. The Bertz CT molecular complexity index is 712. The van der Waals surface area contributed by atoms with Gasteiger partial charge in [-0.1, -0.05) is 13.8 Å². The summed E-state index contributed by atoms with van der Waals surface area (Å²) >= 11 is 1.31. The average molecular weight is 335 g/mol. The number of aryl methyl sites for hydroxylation is 2. The van der Waals surface area contributed by atoms with Gasteiger partial charge in [0, 0.05) is 16.3 Å². The van der Waals surface area contributed by atoms with Gasteiger partial charge in [0.1, 0.15) is 6.54 Å². The van der Waals surface area contributed by atoms with Crippen molar-refractivity contribution in [2.24, 2.45) is 0 Å². The molecule has 1 N–H and O–H groups in total. The molecular formula is C16H21N3O3S. The number of carbonyl (C=O) groups is 2. The van der Waals surface area contributed by atoms with Crippen molar-refractivity contribution in [1.82, 2.24) is 9.55 Å². The number of carbonyl (C=O) groups excluding carboxylic acids is 2. The Morgan fingerprint density at radius 1 is 1.30 bits per heavy atom. The minimum absolute atomic E-state index is 0.126. The number of thiazole rings is 1. The van der Waals surface area contributed by atoms with Gasteiger partial charge in [0.25, 0.3) is 0 Å². The summed E-state index contributed by atoms with van der Waals surface area (Å²) in [5.74, 6) is -0.531. The molecule has 2 heterocycles. The molecule has 0 aliphatic carbocycles. The van der Waals surface area contributed by atoms with E-state index in [4.69, 9.17) is 4.74 Å². The summed E-state index contributed by atoms with van der Waals surface area (Å²) in [6.45, 7) is 8.07. The lowest BCUT2D eigenvalue weighted by atomic mass is 10.1. The van der Waals surface area contributed by atoms with E-state index in [1.165, 1.54) is 18.4 Å². The Morgan fingerprint density at radius 3 is 2.43 bits per heavy atom. The van der Waals surface area contributed by atoms with Crippen LogP contribution >= 0.6 is 11.3 Å². The second kappa shape index (κ2) is 6.95. The van der Waals surface area contributed by atoms with Crippen molar-refractivity contribution in [3.63, 3.8) is 0 Å². The number of hydrogen-bond acceptors (Lipinski definition) is 5. The van der Waals surface area contributed by atoms with Crippen LogP contribution in [-0.4, -0.2) is 28.5 Å². The fourth-order valence-corrected chi connectivity index (χ4v) is 3.24. The van der Waals surface area contributed by atoms with Crippen LogP contribution in [-0.2, 0) is 16.1 Å². The number of nitrogens with zero attached hydrogens (tertiary/aromatic N) is 2. The summed E-state index contributed by atoms with van der Waals surface area (Å²) in [7, 11) is 1.32. The maximum atomic E-state index is 12.2. The van der Waals surface area contributed by atoms with Crippen LogP contribution in [0.25, 0.3) is 0 Å². The van der Waals surface area contributed by atoms with E-state index < -0.39 is 5.97 Å². The van der Waals surface area contributed by atoms with Crippen molar-refractivity contribution in [1.29, 1.82) is 0 Å². The highest BCUT2D eigenvalue weighted by Crippen LogP contribution is 2.30. The molecule has 0 aliphatic heterocycles. The van der Waals surface area contributed by atoms with Gasteiger partial charge in [0.2, 0.25) is 5.91 Å². The number of anilines is 1. The van der Waals surface area contributed by atoms with Crippen molar-refractivity contribution in [3.8, 4) is 0 Å². The highest BCUT2D eigenvalue weighted by molar-refractivity contribution is 7.16. The number of esters is 1. The maximum absolute atomic E-state index is 12.2. The van der Waals surface area contributed by atoms with Crippen LogP contribution in [0.3, 0.4) is 0 Å². The van der Waals surface area contributed by atoms with E-state index in [2.05, 4.69) is 10.3 Å².